The SMILES string of the molecule is CCCn1nccc1C(NN)c1cc(OC)ccc1OC. The van der Waals surface area contributed by atoms with Crippen LogP contribution in [-0.4, -0.2) is 24.0 Å². The van der Waals surface area contributed by atoms with Gasteiger partial charge in [0, 0.05) is 18.3 Å². The molecule has 1 unspecified atom stereocenters. The molecule has 0 saturated carbocycles. The average molecular weight is 290 g/mol. The van der Waals surface area contributed by atoms with E-state index in [9.17, 15) is 0 Å². The Labute approximate surface area is 124 Å². The number of hydrogen-bond donors (Lipinski definition) is 2. The Hall–Kier alpha value is -2.05. The first-order valence-corrected chi connectivity index (χ1v) is 6.94. The number of aryl methyl sites for hydroxylation is 1. The van der Waals surface area contributed by atoms with Crippen LogP contribution in [-0.2, 0) is 6.54 Å². The van der Waals surface area contributed by atoms with Gasteiger partial charge in [-0.15, -0.1) is 0 Å². The molecule has 0 amide bonds. The van der Waals surface area contributed by atoms with Crippen molar-refractivity contribution in [3.63, 3.8) is 0 Å². The number of nitrogens with one attached hydrogen (secondary N) is 1. The first-order chi connectivity index (χ1) is 10.2. The van der Waals surface area contributed by atoms with Crippen molar-refractivity contribution in [3.05, 3.63) is 41.7 Å². The fraction of sp³-hybridized carbons (Fsp3) is 0.400. The summed E-state index contributed by atoms with van der Waals surface area (Å²) in [5.74, 6) is 7.30. The molecule has 1 heterocycles. The number of aromatic nitrogens is 2. The molecule has 114 valence electrons. The summed E-state index contributed by atoms with van der Waals surface area (Å²) in [6.45, 7) is 2.95. The molecule has 0 aliphatic heterocycles. The van der Waals surface area contributed by atoms with Crippen LogP contribution in [0.4, 0.5) is 0 Å². The van der Waals surface area contributed by atoms with Crippen LogP contribution in [0.25, 0.3) is 0 Å². The quantitative estimate of drug-likeness (QED) is 0.601. The van der Waals surface area contributed by atoms with Crippen LogP contribution in [0.15, 0.2) is 30.5 Å². The molecule has 0 bridgehead atoms. The Kier molecular flexibility index (Phi) is 5.19. The third kappa shape index (κ3) is 3.17. The van der Waals surface area contributed by atoms with Crippen molar-refractivity contribution in [1.82, 2.24) is 15.2 Å². The molecule has 2 rings (SSSR count). The highest BCUT2D eigenvalue weighted by atomic mass is 16.5. The minimum atomic E-state index is -0.218. The van der Waals surface area contributed by atoms with E-state index in [4.69, 9.17) is 15.3 Å². The summed E-state index contributed by atoms with van der Waals surface area (Å²) < 4.78 is 12.7. The Bertz CT molecular complexity index is 583. The summed E-state index contributed by atoms with van der Waals surface area (Å²) in [5, 5.41) is 4.35. The van der Waals surface area contributed by atoms with Gasteiger partial charge in [0.2, 0.25) is 0 Å². The first-order valence-electron chi connectivity index (χ1n) is 6.94. The predicted octanol–water partition coefficient (Wildman–Crippen LogP) is 1.86. The van der Waals surface area contributed by atoms with Gasteiger partial charge in [-0.25, -0.2) is 5.43 Å². The molecule has 3 N–H and O–H groups in total. The van der Waals surface area contributed by atoms with Crippen molar-refractivity contribution in [3.8, 4) is 11.5 Å². The predicted molar refractivity (Wildman–Crippen MR) is 81.2 cm³/mol. The molecule has 0 spiro atoms. The summed E-state index contributed by atoms with van der Waals surface area (Å²) in [6, 6.07) is 7.40. The number of ether oxygens (including phenoxy) is 2. The van der Waals surface area contributed by atoms with Crippen LogP contribution in [0.5, 0.6) is 11.5 Å². The van der Waals surface area contributed by atoms with E-state index in [1.807, 2.05) is 28.9 Å². The Morgan fingerprint density at radius 1 is 1.29 bits per heavy atom. The fourth-order valence-electron chi connectivity index (χ4n) is 2.39. The summed E-state index contributed by atoms with van der Waals surface area (Å²) in [4.78, 5) is 0. The van der Waals surface area contributed by atoms with Gasteiger partial charge < -0.3 is 9.47 Å². The molecular weight excluding hydrogens is 268 g/mol. The highest BCUT2D eigenvalue weighted by Crippen LogP contribution is 2.32. The maximum Gasteiger partial charge on any atom is 0.124 e. The Morgan fingerprint density at radius 3 is 2.71 bits per heavy atom. The number of methoxy groups -OCH3 is 2. The number of hydrogen-bond acceptors (Lipinski definition) is 5. The minimum Gasteiger partial charge on any atom is -0.497 e. The molecule has 1 aromatic heterocycles. The van der Waals surface area contributed by atoms with Gasteiger partial charge in [-0.2, -0.15) is 5.10 Å². The lowest BCUT2D eigenvalue weighted by atomic mass is 10.0. The average Bonchev–Trinajstić information content (AvgIpc) is 2.96. The largest absolute Gasteiger partial charge is 0.497 e. The van der Waals surface area contributed by atoms with Crippen molar-refractivity contribution >= 4 is 0 Å². The van der Waals surface area contributed by atoms with Crippen LogP contribution >= 0.6 is 0 Å². The van der Waals surface area contributed by atoms with Gasteiger partial charge in [0.1, 0.15) is 11.5 Å². The van der Waals surface area contributed by atoms with Gasteiger partial charge in [-0.3, -0.25) is 10.5 Å². The van der Waals surface area contributed by atoms with Crippen LogP contribution in [0.1, 0.15) is 30.6 Å². The van der Waals surface area contributed by atoms with Crippen molar-refractivity contribution < 1.29 is 9.47 Å². The minimum absolute atomic E-state index is 0.218. The lowest BCUT2D eigenvalue weighted by Gasteiger charge is -2.21. The molecule has 0 radical (unpaired) electrons. The molecule has 0 aliphatic carbocycles. The van der Waals surface area contributed by atoms with E-state index in [0.29, 0.717) is 0 Å². The number of nitrogens with zero attached hydrogens (tertiary/aromatic N) is 2. The Morgan fingerprint density at radius 2 is 2.10 bits per heavy atom. The zero-order valence-electron chi connectivity index (χ0n) is 12.7. The van der Waals surface area contributed by atoms with Crippen molar-refractivity contribution in [1.29, 1.82) is 0 Å². The fourth-order valence-corrected chi connectivity index (χ4v) is 2.39. The van der Waals surface area contributed by atoms with E-state index in [1.165, 1.54) is 0 Å². The number of nitrogens with two attached hydrogens (primary N) is 1. The second kappa shape index (κ2) is 7.10. The van der Waals surface area contributed by atoms with Crippen molar-refractivity contribution in [2.45, 2.75) is 25.9 Å². The molecule has 21 heavy (non-hydrogen) atoms. The third-order valence-electron chi connectivity index (χ3n) is 3.40. The van der Waals surface area contributed by atoms with E-state index in [0.717, 1.165) is 35.7 Å². The lowest BCUT2D eigenvalue weighted by molar-refractivity contribution is 0.392. The summed E-state index contributed by atoms with van der Waals surface area (Å²) in [7, 11) is 3.28. The van der Waals surface area contributed by atoms with Gasteiger partial charge in [0.05, 0.1) is 26.0 Å². The maximum atomic E-state index is 5.79. The van der Waals surface area contributed by atoms with E-state index in [1.54, 1.807) is 20.4 Å². The third-order valence-corrected chi connectivity index (χ3v) is 3.40. The smallest absolute Gasteiger partial charge is 0.124 e. The van der Waals surface area contributed by atoms with E-state index in [2.05, 4.69) is 17.4 Å². The molecular formula is C15H22N4O2. The molecule has 2 aromatic rings. The number of benzene rings is 1. The molecule has 6 nitrogen and oxygen atoms in total. The van der Waals surface area contributed by atoms with E-state index < -0.39 is 0 Å². The number of rotatable bonds is 7. The van der Waals surface area contributed by atoms with Gasteiger partial charge in [-0.1, -0.05) is 6.92 Å². The molecule has 1 atom stereocenters. The summed E-state index contributed by atoms with van der Waals surface area (Å²) >= 11 is 0. The molecule has 1 aromatic carbocycles. The molecule has 0 saturated heterocycles. The standard InChI is InChI=1S/C15H22N4O2/c1-4-9-19-13(7-8-17-19)15(18-16)12-10-11(20-2)5-6-14(12)21-3/h5-8,10,15,18H,4,9,16H2,1-3H3. The maximum absolute atomic E-state index is 5.79. The normalized spacial score (nSPS) is 12.2. The first kappa shape index (κ1) is 15.3. The highest BCUT2D eigenvalue weighted by Gasteiger charge is 2.21. The summed E-state index contributed by atoms with van der Waals surface area (Å²) in [5.41, 5.74) is 4.75. The van der Waals surface area contributed by atoms with Gasteiger partial charge in [0.25, 0.3) is 0 Å². The van der Waals surface area contributed by atoms with E-state index >= 15 is 0 Å². The van der Waals surface area contributed by atoms with Crippen LogP contribution in [0, 0.1) is 0 Å². The molecule has 6 heteroatoms. The van der Waals surface area contributed by atoms with Crippen LogP contribution in [0.3, 0.4) is 0 Å². The van der Waals surface area contributed by atoms with Crippen molar-refractivity contribution in [2.75, 3.05) is 14.2 Å². The van der Waals surface area contributed by atoms with Gasteiger partial charge in [0.15, 0.2) is 0 Å². The highest BCUT2D eigenvalue weighted by molar-refractivity contribution is 5.45. The van der Waals surface area contributed by atoms with Crippen LogP contribution < -0.4 is 20.7 Å². The lowest BCUT2D eigenvalue weighted by Crippen LogP contribution is -2.31. The topological polar surface area (TPSA) is 74.3 Å². The molecule has 0 aliphatic rings. The molecule has 0 fully saturated rings. The van der Waals surface area contributed by atoms with Crippen molar-refractivity contribution in [2.24, 2.45) is 5.84 Å². The van der Waals surface area contributed by atoms with Crippen LogP contribution in [0.2, 0.25) is 0 Å². The summed E-state index contributed by atoms with van der Waals surface area (Å²) in [6.07, 6.45) is 2.78. The zero-order valence-corrected chi connectivity index (χ0v) is 12.7. The Balaban J connectivity index is 2.47. The number of hydrazine groups is 1. The van der Waals surface area contributed by atoms with Gasteiger partial charge in [-0.05, 0) is 30.7 Å². The van der Waals surface area contributed by atoms with E-state index in [-0.39, 0.29) is 6.04 Å². The van der Waals surface area contributed by atoms with Gasteiger partial charge >= 0.3 is 0 Å². The zero-order chi connectivity index (χ0) is 15.2. The monoisotopic (exact) mass is 290 g/mol. The second-order valence-electron chi connectivity index (χ2n) is 4.69. The second-order valence-corrected chi connectivity index (χ2v) is 4.69.